The van der Waals surface area contributed by atoms with Crippen molar-refractivity contribution in [3.05, 3.63) is 29.6 Å². The van der Waals surface area contributed by atoms with Crippen LogP contribution in [-0.4, -0.2) is 17.3 Å². The summed E-state index contributed by atoms with van der Waals surface area (Å²) in [7, 11) is 0. The highest BCUT2D eigenvalue weighted by Crippen LogP contribution is 2.01. The Balaban J connectivity index is 0.00000169. The quantitative estimate of drug-likeness (QED) is 0.485. The van der Waals surface area contributed by atoms with Gasteiger partial charge in [-0.05, 0) is 32.9 Å². The molecule has 0 unspecified atom stereocenters. The molecule has 0 N–H and O–H groups in total. The topological polar surface area (TPSA) is 34.5 Å². The van der Waals surface area contributed by atoms with Gasteiger partial charge in [0.05, 0.1) is 5.71 Å². The molecule has 1 aromatic rings. The van der Waals surface area contributed by atoms with Gasteiger partial charge in [-0.15, -0.1) is 0 Å². The second-order valence-electron chi connectivity index (χ2n) is 2.78. The first-order chi connectivity index (χ1) is 6.24. The molecule has 0 aliphatic rings. The average Bonchev–Trinajstić information content (AvgIpc) is 2.15. The number of rotatable bonds is 3. The van der Waals surface area contributed by atoms with Crippen molar-refractivity contribution in [3.63, 3.8) is 0 Å². The SMILES string of the molecule is CCO/N=C(\C)c1ccc(C)nc1.[Cl-]. The molecule has 4 heteroatoms. The summed E-state index contributed by atoms with van der Waals surface area (Å²) < 4.78 is 0. The third-order valence-corrected chi connectivity index (χ3v) is 1.66. The zero-order valence-electron chi connectivity index (χ0n) is 8.62. The first-order valence-corrected chi connectivity index (χ1v) is 4.33. The molecular weight excluding hydrogens is 200 g/mol. The molecule has 1 rings (SSSR count). The van der Waals surface area contributed by atoms with Crippen molar-refractivity contribution in [2.45, 2.75) is 20.8 Å². The fourth-order valence-electron chi connectivity index (χ4n) is 0.896. The van der Waals surface area contributed by atoms with Gasteiger partial charge in [0.1, 0.15) is 6.61 Å². The zero-order chi connectivity index (χ0) is 9.68. The Bertz CT molecular complexity index is 295. The van der Waals surface area contributed by atoms with E-state index in [0.29, 0.717) is 6.61 Å². The van der Waals surface area contributed by atoms with Crippen LogP contribution in [0, 0.1) is 6.92 Å². The summed E-state index contributed by atoms with van der Waals surface area (Å²) in [4.78, 5) is 9.11. The van der Waals surface area contributed by atoms with Crippen LogP contribution in [0.25, 0.3) is 0 Å². The molecule has 0 aliphatic carbocycles. The molecule has 0 aliphatic heterocycles. The van der Waals surface area contributed by atoms with Gasteiger partial charge >= 0.3 is 0 Å². The van der Waals surface area contributed by atoms with Crippen molar-refractivity contribution in [1.29, 1.82) is 0 Å². The van der Waals surface area contributed by atoms with Crippen molar-refractivity contribution >= 4 is 5.71 Å². The molecule has 0 fully saturated rings. The molecule has 14 heavy (non-hydrogen) atoms. The van der Waals surface area contributed by atoms with Crippen LogP contribution in [-0.2, 0) is 4.84 Å². The highest BCUT2D eigenvalue weighted by molar-refractivity contribution is 5.97. The van der Waals surface area contributed by atoms with E-state index >= 15 is 0 Å². The molecule has 78 valence electrons. The molecule has 0 bridgehead atoms. The Hall–Kier alpha value is -1.09. The molecule has 0 spiro atoms. The Labute approximate surface area is 90.6 Å². The summed E-state index contributed by atoms with van der Waals surface area (Å²) >= 11 is 0. The lowest BCUT2D eigenvalue weighted by Gasteiger charge is -2.00. The van der Waals surface area contributed by atoms with Gasteiger partial charge in [-0.1, -0.05) is 5.16 Å². The monoisotopic (exact) mass is 213 g/mol. The Morgan fingerprint density at radius 2 is 2.21 bits per heavy atom. The first-order valence-electron chi connectivity index (χ1n) is 4.33. The Kier molecular flexibility index (Phi) is 5.88. The highest BCUT2D eigenvalue weighted by Gasteiger charge is 1.97. The van der Waals surface area contributed by atoms with Gasteiger partial charge in [0, 0.05) is 17.5 Å². The van der Waals surface area contributed by atoms with E-state index in [-0.39, 0.29) is 12.4 Å². The molecule has 0 saturated carbocycles. The minimum Gasteiger partial charge on any atom is -1.00 e. The van der Waals surface area contributed by atoms with Gasteiger partial charge in [-0.2, -0.15) is 0 Å². The van der Waals surface area contributed by atoms with Crippen LogP contribution >= 0.6 is 0 Å². The third kappa shape index (κ3) is 3.75. The van der Waals surface area contributed by atoms with Crippen LogP contribution in [0.3, 0.4) is 0 Å². The summed E-state index contributed by atoms with van der Waals surface area (Å²) in [6.45, 7) is 6.36. The predicted octanol–water partition coefficient (Wildman–Crippen LogP) is -0.845. The number of pyridine rings is 1. The van der Waals surface area contributed by atoms with Crippen molar-refractivity contribution < 1.29 is 17.2 Å². The maximum absolute atomic E-state index is 4.94. The third-order valence-electron chi connectivity index (χ3n) is 1.66. The summed E-state index contributed by atoms with van der Waals surface area (Å²) in [5.41, 5.74) is 2.86. The highest BCUT2D eigenvalue weighted by atomic mass is 35.5. The lowest BCUT2D eigenvalue weighted by atomic mass is 10.2. The van der Waals surface area contributed by atoms with Gasteiger partial charge in [-0.3, -0.25) is 4.98 Å². The van der Waals surface area contributed by atoms with Crippen molar-refractivity contribution in [2.24, 2.45) is 5.16 Å². The molecule has 0 saturated heterocycles. The predicted molar refractivity (Wildman–Crippen MR) is 52.8 cm³/mol. The number of oxime groups is 1. The number of hydrogen-bond acceptors (Lipinski definition) is 3. The first kappa shape index (κ1) is 12.9. The van der Waals surface area contributed by atoms with E-state index in [9.17, 15) is 0 Å². The van der Waals surface area contributed by atoms with E-state index in [2.05, 4.69) is 10.1 Å². The Morgan fingerprint density at radius 1 is 1.50 bits per heavy atom. The van der Waals surface area contributed by atoms with E-state index in [1.54, 1.807) is 6.20 Å². The van der Waals surface area contributed by atoms with Gasteiger partial charge < -0.3 is 17.2 Å². The maximum atomic E-state index is 4.94. The summed E-state index contributed by atoms with van der Waals surface area (Å²) in [6, 6.07) is 3.94. The minimum atomic E-state index is 0. The average molecular weight is 214 g/mol. The van der Waals surface area contributed by atoms with Crippen molar-refractivity contribution in [1.82, 2.24) is 4.98 Å². The number of aromatic nitrogens is 1. The molecular formula is C10H14ClN2O-. The molecule has 0 aromatic carbocycles. The molecule has 1 heterocycles. The van der Waals surface area contributed by atoms with Crippen LogP contribution in [0.4, 0.5) is 0 Å². The van der Waals surface area contributed by atoms with Gasteiger partial charge in [-0.25, -0.2) is 0 Å². The van der Waals surface area contributed by atoms with Crippen LogP contribution in [0.5, 0.6) is 0 Å². The second-order valence-corrected chi connectivity index (χ2v) is 2.78. The lowest BCUT2D eigenvalue weighted by Crippen LogP contribution is -3.00. The van der Waals surface area contributed by atoms with Crippen LogP contribution in [0.1, 0.15) is 25.1 Å². The fraction of sp³-hybridized carbons (Fsp3) is 0.400. The normalized spacial score (nSPS) is 10.6. The number of halogens is 1. The molecule has 0 atom stereocenters. The number of hydrogen-bond donors (Lipinski definition) is 0. The van der Waals surface area contributed by atoms with Gasteiger partial charge in [0.25, 0.3) is 0 Å². The molecule has 3 nitrogen and oxygen atoms in total. The maximum Gasteiger partial charge on any atom is 0.114 e. The number of nitrogens with zero attached hydrogens (tertiary/aromatic N) is 2. The fourth-order valence-corrected chi connectivity index (χ4v) is 0.896. The van der Waals surface area contributed by atoms with E-state index in [1.807, 2.05) is 32.9 Å². The summed E-state index contributed by atoms with van der Waals surface area (Å²) in [6.07, 6.45) is 1.80. The molecule has 0 radical (unpaired) electrons. The summed E-state index contributed by atoms with van der Waals surface area (Å²) in [5.74, 6) is 0. The summed E-state index contributed by atoms with van der Waals surface area (Å²) in [5, 5.41) is 3.92. The van der Waals surface area contributed by atoms with Crippen LogP contribution in [0.15, 0.2) is 23.5 Å². The standard InChI is InChI=1S/C10H14N2O.ClH/c1-4-13-12-9(3)10-6-5-8(2)11-7-10;/h5-7H,4H2,1-3H3;1H/p-1/b12-9+;. The smallest absolute Gasteiger partial charge is 0.114 e. The van der Waals surface area contributed by atoms with Gasteiger partial charge in [0.2, 0.25) is 0 Å². The van der Waals surface area contributed by atoms with Crippen molar-refractivity contribution in [3.8, 4) is 0 Å². The van der Waals surface area contributed by atoms with E-state index in [1.165, 1.54) is 0 Å². The van der Waals surface area contributed by atoms with E-state index in [0.717, 1.165) is 17.0 Å². The van der Waals surface area contributed by atoms with E-state index < -0.39 is 0 Å². The second kappa shape index (κ2) is 6.38. The zero-order valence-corrected chi connectivity index (χ0v) is 9.38. The largest absolute Gasteiger partial charge is 1.00 e. The lowest BCUT2D eigenvalue weighted by molar-refractivity contribution is -0.00000347. The van der Waals surface area contributed by atoms with Gasteiger partial charge in [0.15, 0.2) is 0 Å². The van der Waals surface area contributed by atoms with E-state index in [4.69, 9.17) is 4.84 Å². The molecule has 1 aromatic heterocycles. The Morgan fingerprint density at radius 3 is 2.71 bits per heavy atom. The number of aryl methyl sites for hydroxylation is 1. The molecule has 0 amide bonds. The van der Waals surface area contributed by atoms with Crippen LogP contribution in [0.2, 0.25) is 0 Å². The van der Waals surface area contributed by atoms with Crippen LogP contribution < -0.4 is 12.4 Å². The van der Waals surface area contributed by atoms with Crippen molar-refractivity contribution in [2.75, 3.05) is 6.61 Å². The minimum absolute atomic E-state index is 0.